The second kappa shape index (κ2) is 8.64. The number of nitrogens with one attached hydrogen (secondary N) is 1. The Morgan fingerprint density at radius 3 is 2.63 bits per heavy atom. The molecule has 138 valence electrons. The highest BCUT2D eigenvalue weighted by Gasteiger charge is 2.13. The molecule has 2 aromatic heterocycles. The van der Waals surface area contributed by atoms with Crippen molar-refractivity contribution in [1.82, 2.24) is 15.3 Å². The number of amides is 1. The lowest BCUT2D eigenvalue weighted by molar-refractivity contribution is -0.109. The van der Waals surface area contributed by atoms with E-state index in [4.69, 9.17) is 4.42 Å². The van der Waals surface area contributed by atoms with Gasteiger partial charge in [0, 0.05) is 42.7 Å². The molecule has 1 aromatic carbocycles. The van der Waals surface area contributed by atoms with Gasteiger partial charge >= 0.3 is 0 Å². The average molecular weight is 381 g/mol. The number of nitrogens with zero attached hydrogens (tertiary/aromatic N) is 2. The molecule has 0 atom stereocenters. The summed E-state index contributed by atoms with van der Waals surface area (Å²) in [4.78, 5) is 31.9. The zero-order valence-corrected chi connectivity index (χ0v) is 15.9. The summed E-state index contributed by atoms with van der Waals surface area (Å²) in [6.45, 7) is 3.77. The fourth-order valence-electron chi connectivity index (χ4n) is 2.41. The standard InChI is InChI=1S/C20H19N3O3S/c1-13-18(12-27-14(2)24)23-20(26-13)17-7-5-16(6-8-17)19(25)22-11-15-4-3-9-21-10-15/h3-10H,11-12H2,1-2H3,(H,22,25). The number of thioether (sulfide) groups is 1. The minimum Gasteiger partial charge on any atom is -0.441 e. The first kappa shape index (κ1) is 18.8. The largest absolute Gasteiger partial charge is 0.441 e. The van der Waals surface area contributed by atoms with Crippen LogP contribution in [0.1, 0.15) is 34.3 Å². The van der Waals surface area contributed by atoms with Gasteiger partial charge in [-0.05, 0) is 42.8 Å². The number of oxazole rings is 1. The van der Waals surface area contributed by atoms with Crippen LogP contribution in [-0.2, 0) is 17.1 Å². The second-order valence-electron chi connectivity index (χ2n) is 5.92. The molecule has 3 aromatic rings. The zero-order chi connectivity index (χ0) is 19.2. The molecule has 0 fully saturated rings. The molecule has 0 unspecified atom stereocenters. The first-order valence-corrected chi connectivity index (χ1v) is 9.38. The Morgan fingerprint density at radius 2 is 1.96 bits per heavy atom. The maximum absolute atomic E-state index is 12.3. The van der Waals surface area contributed by atoms with E-state index < -0.39 is 0 Å². The van der Waals surface area contributed by atoms with E-state index in [1.807, 2.05) is 19.1 Å². The van der Waals surface area contributed by atoms with Gasteiger partial charge < -0.3 is 9.73 Å². The predicted octanol–water partition coefficient (Wildman–Crippen LogP) is 3.75. The van der Waals surface area contributed by atoms with E-state index in [9.17, 15) is 9.59 Å². The van der Waals surface area contributed by atoms with E-state index in [1.165, 1.54) is 18.7 Å². The van der Waals surface area contributed by atoms with Gasteiger partial charge in [-0.2, -0.15) is 0 Å². The molecule has 0 aliphatic rings. The van der Waals surface area contributed by atoms with E-state index >= 15 is 0 Å². The van der Waals surface area contributed by atoms with E-state index in [2.05, 4.69) is 15.3 Å². The van der Waals surface area contributed by atoms with Crippen molar-refractivity contribution in [3.05, 3.63) is 71.4 Å². The Morgan fingerprint density at radius 1 is 1.19 bits per heavy atom. The van der Waals surface area contributed by atoms with Crippen molar-refractivity contribution >= 4 is 22.8 Å². The number of aryl methyl sites for hydroxylation is 1. The molecule has 27 heavy (non-hydrogen) atoms. The number of benzene rings is 1. The van der Waals surface area contributed by atoms with Crippen LogP contribution in [0.25, 0.3) is 11.5 Å². The molecule has 0 spiro atoms. The van der Waals surface area contributed by atoms with Crippen LogP contribution in [0.15, 0.2) is 53.2 Å². The van der Waals surface area contributed by atoms with Crippen molar-refractivity contribution in [1.29, 1.82) is 0 Å². The Bertz CT molecular complexity index is 937. The van der Waals surface area contributed by atoms with E-state index in [0.29, 0.717) is 29.5 Å². The van der Waals surface area contributed by atoms with E-state index in [0.717, 1.165) is 16.8 Å². The molecule has 2 heterocycles. The number of carbonyl (C=O) groups is 2. The minimum atomic E-state index is -0.160. The molecule has 7 heteroatoms. The molecular weight excluding hydrogens is 362 g/mol. The first-order chi connectivity index (χ1) is 13.0. The number of hydrogen-bond acceptors (Lipinski definition) is 6. The van der Waals surface area contributed by atoms with Gasteiger partial charge in [0.05, 0.1) is 5.69 Å². The van der Waals surface area contributed by atoms with E-state index in [-0.39, 0.29) is 11.0 Å². The fraction of sp³-hybridized carbons (Fsp3) is 0.200. The lowest BCUT2D eigenvalue weighted by atomic mass is 10.1. The summed E-state index contributed by atoms with van der Waals surface area (Å²) >= 11 is 1.20. The summed E-state index contributed by atoms with van der Waals surface area (Å²) < 4.78 is 5.70. The molecule has 0 aliphatic heterocycles. The number of carbonyl (C=O) groups excluding carboxylic acids is 2. The van der Waals surface area contributed by atoms with Crippen molar-refractivity contribution < 1.29 is 14.0 Å². The molecule has 0 aliphatic carbocycles. The highest BCUT2D eigenvalue weighted by atomic mass is 32.2. The second-order valence-corrected chi connectivity index (χ2v) is 7.08. The molecule has 0 radical (unpaired) electrons. The summed E-state index contributed by atoms with van der Waals surface area (Å²) in [5, 5.41) is 2.90. The molecule has 6 nitrogen and oxygen atoms in total. The normalized spacial score (nSPS) is 10.6. The highest BCUT2D eigenvalue weighted by molar-refractivity contribution is 8.12. The van der Waals surface area contributed by atoms with Crippen molar-refractivity contribution in [3.8, 4) is 11.5 Å². The third kappa shape index (κ3) is 5.04. The van der Waals surface area contributed by atoms with Gasteiger partial charge in [0.2, 0.25) is 5.89 Å². The smallest absolute Gasteiger partial charge is 0.251 e. The third-order valence-electron chi connectivity index (χ3n) is 3.87. The number of hydrogen-bond donors (Lipinski definition) is 1. The quantitative estimate of drug-likeness (QED) is 0.700. The van der Waals surface area contributed by atoms with E-state index in [1.54, 1.807) is 36.7 Å². The summed E-state index contributed by atoms with van der Waals surface area (Å²) in [6, 6.07) is 10.8. The van der Waals surface area contributed by atoms with Gasteiger partial charge in [-0.3, -0.25) is 14.6 Å². The molecule has 0 bridgehead atoms. The van der Waals surface area contributed by atoms with Crippen LogP contribution in [0.4, 0.5) is 0 Å². The fourth-order valence-corrected chi connectivity index (χ4v) is 3.01. The van der Waals surface area contributed by atoms with Crippen LogP contribution in [0, 0.1) is 6.92 Å². The topological polar surface area (TPSA) is 85.1 Å². The van der Waals surface area contributed by atoms with Crippen molar-refractivity contribution in [3.63, 3.8) is 0 Å². The van der Waals surface area contributed by atoms with Crippen molar-refractivity contribution in [2.45, 2.75) is 26.1 Å². The van der Waals surface area contributed by atoms with Crippen molar-refractivity contribution in [2.24, 2.45) is 0 Å². The molecule has 1 amide bonds. The number of pyridine rings is 1. The summed E-state index contributed by atoms with van der Waals surface area (Å²) in [6.07, 6.45) is 3.41. The Balaban J connectivity index is 1.65. The lowest BCUT2D eigenvalue weighted by Gasteiger charge is -2.05. The highest BCUT2D eigenvalue weighted by Crippen LogP contribution is 2.24. The molecule has 1 N–H and O–H groups in total. The Labute approximate surface area is 161 Å². The summed E-state index contributed by atoms with van der Waals surface area (Å²) in [5.41, 5.74) is 3.02. The van der Waals surface area contributed by atoms with Crippen molar-refractivity contribution in [2.75, 3.05) is 0 Å². The lowest BCUT2D eigenvalue weighted by Crippen LogP contribution is -2.22. The van der Waals surface area contributed by atoms with Gasteiger partial charge in [0.1, 0.15) is 5.76 Å². The maximum atomic E-state index is 12.3. The van der Waals surface area contributed by atoms with Gasteiger partial charge in [-0.25, -0.2) is 4.98 Å². The number of rotatable bonds is 6. The minimum absolute atomic E-state index is 0.0422. The predicted molar refractivity (Wildman–Crippen MR) is 104 cm³/mol. The third-order valence-corrected chi connectivity index (χ3v) is 4.70. The first-order valence-electron chi connectivity index (χ1n) is 8.40. The van der Waals surface area contributed by atoms with Gasteiger partial charge in [-0.1, -0.05) is 17.8 Å². The molecule has 3 rings (SSSR count). The van der Waals surface area contributed by atoms with Crippen LogP contribution >= 0.6 is 11.8 Å². The van der Waals surface area contributed by atoms with Crippen LogP contribution in [0.2, 0.25) is 0 Å². The SMILES string of the molecule is CC(=O)SCc1nc(-c2ccc(C(=O)NCc3cccnc3)cc2)oc1C. The van der Waals surface area contributed by atoms with Gasteiger partial charge in [-0.15, -0.1) is 0 Å². The summed E-state index contributed by atoms with van der Waals surface area (Å²) in [5.74, 6) is 1.50. The van der Waals surface area contributed by atoms with Crippen LogP contribution in [-0.4, -0.2) is 21.0 Å². The molecule has 0 saturated carbocycles. The number of aromatic nitrogens is 2. The Kier molecular flexibility index (Phi) is 6.03. The molecular formula is C20H19N3O3S. The monoisotopic (exact) mass is 381 g/mol. The van der Waals surface area contributed by atoms with Crippen LogP contribution in [0.3, 0.4) is 0 Å². The zero-order valence-electron chi connectivity index (χ0n) is 15.1. The van der Waals surface area contributed by atoms with Crippen LogP contribution < -0.4 is 5.32 Å². The summed E-state index contributed by atoms with van der Waals surface area (Å²) in [7, 11) is 0. The average Bonchev–Trinajstić information content (AvgIpc) is 3.06. The Hall–Kier alpha value is -2.93. The van der Waals surface area contributed by atoms with Gasteiger partial charge in [0.25, 0.3) is 5.91 Å². The van der Waals surface area contributed by atoms with Gasteiger partial charge in [0.15, 0.2) is 5.12 Å². The van der Waals surface area contributed by atoms with Crippen LogP contribution in [0.5, 0.6) is 0 Å². The maximum Gasteiger partial charge on any atom is 0.251 e. The molecule has 0 saturated heterocycles.